The molecule has 0 atom stereocenters. The predicted octanol–water partition coefficient (Wildman–Crippen LogP) is 8.37. The van der Waals surface area contributed by atoms with Crippen molar-refractivity contribution in [3.8, 4) is 23.5 Å². The monoisotopic (exact) mass is 708 g/mol. The highest BCUT2D eigenvalue weighted by atomic mass is 31.2. The number of rotatable bonds is 11. The summed E-state index contributed by atoms with van der Waals surface area (Å²) in [5, 5.41) is 0.662. The van der Waals surface area contributed by atoms with Crippen molar-refractivity contribution in [3.63, 3.8) is 0 Å². The van der Waals surface area contributed by atoms with Gasteiger partial charge < -0.3 is 24.3 Å². The Kier molecular flexibility index (Phi) is 9.63. The zero-order valence-electron chi connectivity index (χ0n) is 27.7. The van der Waals surface area contributed by atoms with E-state index in [-0.39, 0.29) is 17.8 Å². The van der Waals surface area contributed by atoms with Gasteiger partial charge in [-0.3, -0.25) is 0 Å². The van der Waals surface area contributed by atoms with Crippen molar-refractivity contribution in [2.75, 3.05) is 5.73 Å². The van der Waals surface area contributed by atoms with Gasteiger partial charge in [0, 0.05) is 26.9 Å². The summed E-state index contributed by atoms with van der Waals surface area (Å²) in [5.41, 5.74) is 7.54. The Morgan fingerprint density at radius 1 is 0.471 bits per heavy atom. The van der Waals surface area contributed by atoms with Crippen LogP contribution in [-0.4, -0.2) is 15.0 Å². The summed E-state index contributed by atoms with van der Waals surface area (Å²) in [6.45, 7) is 1.98. The fourth-order valence-electron chi connectivity index (χ4n) is 5.93. The first-order valence-corrected chi connectivity index (χ1v) is 19.8. The molecule has 1 aromatic heterocycles. The molecule has 2 N–H and O–H groups in total. The van der Waals surface area contributed by atoms with Crippen LogP contribution in [0.3, 0.4) is 0 Å². The van der Waals surface area contributed by atoms with Crippen LogP contribution >= 0.6 is 14.3 Å². The quantitative estimate of drug-likeness (QED) is 0.105. The second-order valence-corrected chi connectivity index (χ2v) is 18.0. The maximum Gasteiger partial charge on any atom is 0.328 e. The van der Waals surface area contributed by atoms with E-state index in [1.165, 1.54) is 0 Å². The van der Waals surface area contributed by atoms with Crippen molar-refractivity contribution in [2.45, 2.75) is 12.3 Å². The average molecular weight is 709 g/mol. The van der Waals surface area contributed by atoms with Gasteiger partial charge in [-0.25, -0.2) is 0 Å². The number of nitrogen functional groups attached to an aromatic ring is 1. The normalized spacial score (nSPS) is 11.6. The number of benzene rings is 6. The lowest BCUT2D eigenvalue weighted by molar-refractivity contribution is 0.393. The third kappa shape index (κ3) is 6.98. The zero-order chi connectivity index (χ0) is 35.3. The number of aryl methyl sites for hydroxylation is 1. The van der Waals surface area contributed by atoms with Gasteiger partial charge in [0.15, 0.2) is 20.1 Å². The van der Waals surface area contributed by atoms with Crippen molar-refractivity contribution in [1.82, 2.24) is 15.0 Å². The summed E-state index contributed by atoms with van der Waals surface area (Å²) >= 11 is 0. The number of hydrogen-bond acceptors (Lipinski definition) is 8. The van der Waals surface area contributed by atoms with Gasteiger partial charge in [0.1, 0.15) is 16.9 Å². The summed E-state index contributed by atoms with van der Waals surface area (Å²) in [5.74, 6) is 0.865. The molecular formula is C41H34N4O4P2. The van der Waals surface area contributed by atoms with Gasteiger partial charge in [-0.2, -0.15) is 9.97 Å². The number of nitrogens with two attached hydrogens (primary N) is 1. The molecule has 1 heterocycles. The van der Waals surface area contributed by atoms with Gasteiger partial charge >= 0.3 is 12.0 Å². The Morgan fingerprint density at radius 2 is 0.804 bits per heavy atom. The standard InChI is InChI=1S/C41H34N4O4P2/c1-30-22-26-32(27-23-30)48-40-43-38(44-41(45-40)49-33-28-24-31(42)25-29-33)39(50(46,34-14-6-2-7-15-34)35-16-8-3-9-17-35)51(47,36-18-10-4-11-19-36)37-20-12-5-13-21-37/h2-29,39H,42H2,1H3. The molecule has 0 saturated heterocycles. The molecule has 0 aliphatic carbocycles. The van der Waals surface area contributed by atoms with Gasteiger partial charge in [0.05, 0.1) is 0 Å². The largest absolute Gasteiger partial charge is 0.424 e. The molecule has 7 rings (SSSR count). The van der Waals surface area contributed by atoms with E-state index in [1.807, 2.05) is 91.9 Å². The van der Waals surface area contributed by atoms with Crippen molar-refractivity contribution in [2.24, 2.45) is 0 Å². The lowest BCUT2D eigenvalue weighted by Gasteiger charge is -2.34. The SMILES string of the molecule is Cc1ccc(Oc2nc(Oc3ccc(N)cc3)nc(C(P(=O)(c3ccccc3)c3ccccc3)P(=O)(c3ccccc3)c3ccccc3)n2)cc1. The second-order valence-electron chi connectivity index (χ2n) is 11.9. The highest BCUT2D eigenvalue weighted by Gasteiger charge is 2.52. The summed E-state index contributed by atoms with van der Waals surface area (Å²) in [7, 11) is -7.94. The Bertz CT molecular complexity index is 2080. The highest BCUT2D eigenvalue weighted by Crippen LogP contribution is 2.74. The summed E-state index contributed by atoms with van der Waals surface area (Å²) in [4.78, 5) is 14.2. The van der Waals surface area contributed by atoms with E-state index in [0.717, 1.165) is 5.56 Å². The number of hydrogen-bond donors (Lipinski definition) is 1. The minimum atomic E-state index is -3.97. The lowest BCUT2D eigenvalue weighted by Crippen LogP contribution is -2.29. The molecule has 252 valence electrons. The zero-order valence-corrected chi connectivity index (χ0v) is 29.5. The highest BCUT2D eigenvalue weighted by molar-refractivity contribution is 7.94. The van der Waals surface area contributed by atoms with Gasteiger partial charge in [-0.1, -0.05) is 139 Å². The molecule has 7 aromatic rings. The number of nitrogens with zero attached hydrogens (tertiary/aromatic N) is 3. The van der Waals surface area contributed by atoms with Crippen LogP contribution in [0.15, 0.2) is 170 Å². The van der Waals surface area contributed by atoms with Crippen molar-refractivity contribution < 1.29 is 18.6 Å². The first-order valence-electron chi connectivity index (χ1n) is 16.3. The molecule has 10 heteroatoms. The Labute approximate surface area is 296 Å². The smallest absolute Gasteiger partial charge is 0.328 e. The summed E-state index contributed by atoms with van der Waals surface area (Å²) in [6, 6.07) is 50.4. The van der Waals surface area contributed by atoms with Crippen molar-refractivity contribution >= 4 is 41.2 Å². The van der Waals surface area contributed by atoms with Crippen LogP contribution in [0.4, 0.5) is 5.69 Å². The van der Waals surface area contributed by atoms with Crippen LogP contribution in [-0.2, 0) is 9.13 Å². The van der Waals surface area contributed by atoms with E-state index in [2.05, 4.69) is 4.98 Å². The third-order valence-corrected chi connectivity index (χ3v) is 16.5. The van der Waals surface area contributed by atoms with Crippen LogP contribution in [0.2, 0.25) is 0 Å². The molecule has 0 bridgehead atoms. The van der Waals surface area contributed by atoms with E-state index in [9.17, 15) is 0 Å². The molecule has 0 saturated carbocycles. The van der Waals surface area contributed by atoms with Gasteiger partial charge in [0.2, 0.25) is 0 Å². The number of aromatic nitrogens is 3. The number of anilines is 1. The Balaban J connectivity index is 1.56. The van der Waals surface area contributed by atoms with Crippen LogP contribution in [0, 0.1) is 6.92 Å². The van der Waals surface area contributed by atoms with Crippen LogP contribution in [0.25, 0.3) is 0 Å². The van der Waals surface area contributed by atoms with E-state index >= 15 is 9.13 Å². The topological polar surface area (TPSA) is 117 Å². The van der Waals surface area contributed by atoms with E-state index in [4.69, 9.17) is 25.2 Å². The lowest BCUT2D eigenvalue weighted by atomic mass is 10.2. The van der Waals surface area contributed by atoms with Gasteiger partial charge in [-0.15, -0.1) is 4.98 Å². The van der Waals surface area contributed by atoms with Gasteiger partial charge in [0.25, 0.3) is 0 Å². The van der Waals surface area contributed by atoms with E-state index in [0.29, 0.717) is 38.4 Å². The van der Waals surface area contributed by atoms with E-state index in [1.54, 1.807) is 84.9 Å². The Morgan fingerprint density at radius 3 is 1.16 bits per heavy atom. The molecule has 6 aromatic carbocycles. The molecular weight excluding hydrogens is 674 g/mol. The van der Waals surface area contributed by atoms with E-state index < -0.39 is 19.7 Å². The molecule has 0 amide bonds. The first-order chi connectivity index (χ1) is 24.8. The first kappa shape index (κ1) is 33.7. The second kappa shape index (κ2) is 14.6. The minimum Gasteiger partial charge on any atom is -0.424 e. The molecule has 8 nitrogen and oxygen atoms in total. The summed E-state index contributed by atoms with van der Waals surface area (Å²) < 4.78 is 45.5. The fraction of sp³-hybridized carbons (Fsp3) is 0.0488. The minimum absolute atomic E-state index is 0.00960. The third-order valence-electron chi connectivity index (χ3n) is 8.41. The maximum atomic E-state index is 16.6. The Hall–Kier alpha value is -5.81. The molecule has 0 unspecified atom stereocenters. The molecule has 0 spiro atoms. The van der Waals surface area contributed by atoms with Crippen molar-refractivity contribution in [1.29, 1.82) is 0 Å². The molecule has 0 radical (unpaired) electrons. The predicted molar refractivity (Wildman–Crippen MR) is 204 cm³/mol. The molecule has 51 heavy (non-hydrogen) atoms. The molecule has 0 aliphatic rings. The molecule has 0 fully saturated rings. The number of ether oxygens (including phenoxy) is 2. The fourth-order valence-corrected chi connectivity index (χ4v) is 14.4. The van der Waals surface area contributed by atoms with Crippen molar-refractivity contribution in [3.05, 3.63) is 181 Å². The van der Waals surface area contributed by atoms with Gasteiger partial charge in [-0.05, 0) is 43.3 Å². The van der Waals surface area contributed by atoms with Crippen LogP contribution in [0.1, 0.15) is 16.8 Å². The van der Waals surface area contributed by atoms with Crippen LogP contribution in [0.5, 0.6) is 23.5 Å². The molecule has 0 aliphatic heterocycles. The maximum absolute atomic E-state index is 16.6. The average Bonchev–Trinajstić information content (AvgIpc) is 3.18. The summed E-state index contributed by atoms with van der Waals surface area (Å²) in [6.07, 6.45) is 0. The van der Waals surface area contributed by atoms with Crippen LogP contribution < -0.4 is 36.4 Å².